The number of aliphatic carboxylic acids is 1. The number of carbonyl (C=O) groups is 1. The summed E-state index contributed by atoms with van der Waals surface area (Å²) >= 11 is 0. The number of rotatable bonds is 14. The van der Waals surface area contributed by atoms with Crippen LogP contribution in [0.4, 0.5) is 0 Å². The average molecular weight is 286 g/mol. The van der Waals surface area contributed by atoms with Gasteiger partial charge in [0.2, 0.25) is 0 Å². The maximum absolute atomic E-state index is 10.8. The van der Waals surface area contributed by atoms with Crippen molar-refractivity contribution in [2.75, 3.05) is 40.3 Å². The standard InChI is InChI=1S/C16H34N2O2/c1-4-5-6-7-8-9-10-11-12-18(15-16(19)20)14-13-17(2)3/h4-15H2,1-3H3,(H,19,20). The van der Waals surface area contributed by atoms with Gasteiger partial charge in [0.25, 0.3) is 0 Å². The smallest absolute Gasteiger partial charge is 0.317 e. The molecule has 0 aliphatic rings. The Morgan fingerprint density at radius 3 is 1.90 bits per heavy atom. The minimum atomic E-state index is -0.719. The summed E-state index contributed by atoms with van der Waals surface area (Å²) < 4.78 is 0. The van der Waals surface area contributed by atoms with Crippen molar-refractivity contribution < 1.29 is 9.90 Å². The van der Waals surface area contributed by atoms with Crippen LogP contribution in [-0.2, 0) is 4.79 Å². The van der Waals surface area contributed by atoms with Crippen molar-refractivity contribution in [2.45, 2.75) is 58.3 Å². The van der Waals surface area contributed by atoms with Crippen LogP contribution in [0.2, 0.25) is 0 Å². The zero-order valence-electron chi connectivity index (χ0n) is 13.7. The van der Waals surface area contributed by atoms with Gasteiger partial charge in [-0.15, -0.1) is 0 Å². The Kier molecular flexibility index (Phi) is 13.0. The Hall–Kier alpha value is -0.610. The van der Waals surface area contributed by atoms with Crippen molar-refractivity contribution in [3.8, 4) is 0 Å². The molecule has 1 N–H and O–H groups in total. The fraction of sp³-hybridized carbons (Fsp3) is 0.938. The van der Waals surface area contributed by atoms with Crippen LogP contribution in [-0.4, -0.2) is 61.2 Å². The van der Waals surface area contributed by atoms with Gasteiger partial charge in [-0.2, -0.15) is 0 Å². The predicted octanol–water partition coefficient (Wildman–Crippen LogP) is 3.08. The number of hydrogen-bond donors (Lipinski definition) is 1. The van der Waals surface area contributed by atoms with E-state index in [4.69, 9.17) is 5.11 Å². The highest BCUT2D eigenvalue weighted by molar-refractivity contribution is 5.69. The van der Waals surface area contributed by atoms with Crippen LogP contribution in [0.3, 0.4) is 0 Å². The largest absolute Gasteiger partial charge is 0.480 e. The molecular formula is C16H34N2O2. The zero-order valence-corrected chi connectivity index (χ0v) is 13.7. The monoisotopic (exact) mass is 286 g/mol. The van der Waals surface area contributed by atoms with E-state index in [1.54, 1.807) is 0 Å². The second-order valence-corrected chi connectivity index (χ2v) is 5.95. The lowest BCUT2D eigenvalue weighted by Crippen LogP contribution is -2.36. The minimum Gasteiger partial charge on any atom is -0.480 e. The first-order chi connectivity index (χ1) is 9.56. The maximum Gasteiger partial charge on any atom is 0.317 e. The summed E-state index contributed by atoms with van der Waals surface area (Å²) in [5.41, 5.74) is 0. The molecule has 0 fully saturated rings. The molecule has 0 radical (unpaired) electrons. The molecule has 0 atom stereocenters. The molecule has 120 valence electrons. The predicted molar refractivity (Wildman–Crippen MR) is 85.2 cm³/mol. The Morgan fingerprint density at radius 2 is 1.40 bits per heavy atom. The first kappa shape index (κ1) is 19.4. The number of unbranched alkanes of at least 4 members (excludes halogenated alkanes) is 7. The van der Waals surface area contributed by atoms with E-state index < -0.39 is 5.97 Å². The van der Waals surface area contributed by atoms with Gasteiger partial charge in [0.15, 0.2) is 0 Å². The topological polar surface area (TPSA) is 43.8 Å². The summed E-state index contributed by atoms with van der Waals surface area (Å²) in [5, 5.41) is 8.92. The quantitative estimate of drug-likeness (QED) is 0.498. The van der Waals surface area contributed by atoms with Crippen molar-refractivity contribution in [1.82, 2.24) is 9.80 Å². The average Bonchev–Trinajstić information content (AvgIpc) is 2.38. The molecule has 0 aliphatic carbocycles. The lowest BCUT2D eigenvalue weighted by molar-refractivity contribution is -0.138. The van der Waals surface area contributed by atoms with Gasteiger partial charge in [-0.05, 0) is 27.1 Å². The fourth-order valence-electron chi connectivity index (χ4n) is 2.27. The molecule has 0 aromatic heterocycles. The summed E-state index contributed by atoms with van der Waals surface area (Å²) in [7, 11) is 4.05. The molecule has 0 saturated carbocycles. The van der Waals surface area contributed by atoms with Gasteiger partial charge in [-0.25, -0.2) is 0 Å². The summed E-state index contributed by atoms with van der Waals surface area (Å²) in [6.07, 6.45) is 10.3. The highest BCUT2D eigenvalue weighted by Gasteiger charge is 2.09. The number of hydrogen-bond acceptors (Lipinski definition) is 3. The molecule has 0 spiro atoms. The van der Waals surface area contributed by atoms with Crippen LogP contribution < -0.4 is 0 Å². The molecule has 4 heteroatoms. The van der Waals surface area contributed by atoms with Gasteiger partial charge in [0.1, 0.15) is 0 Å². The molecular weight excluding hydrogens is 252 g/mol. The first-order valence-corrected chi connectivity index (χ1v) is 8.15. The van der Waals surface area contributed by atoms with Gasteiger partial charge in [0, 0.05) is 13.1 Å². The molecule has 0 unspecified atom stereocenters. The third kappa shape index (κ3) is 13.8. The molecule has 0 bridgehead atoms. The number of likely N-dealkylation sites (N-methyl/N-ethyl adjacent to an activating group) is 1. The normalized spacial score (nSPS) is 11.4. The van der Waals surface area contributed by atoms with Crippen LogP contribution in [0.5, 0.6) is 0 Å². The van der Waals surface area contributed by atoms with Gasteiger partial charge < -0.3 is 10.0 Å². The molecule has 0 saturated heterocycles. The van der Waals surface area contributed by atoms with Crippen LogP contribution in [0.15, 0.2) is 0 Å². The van der Waals surface area contributed by atoms with Crippen molar-refractivity contribution in [3.05, 3.63) is 0 Å². The van der Waals surface area contributed by atoms with Crippen molar-refractivity contribution in [2.24, 2.45) is 0 Å². The molecule has 0 rings (SSSR count). The lowest BCUT2D eigenvalue weighted by atomic mass is 10.1. The number of carboxylic acid groups (broad SMARTS) is 1. The SMILES string of the molecule is CCCCCCCCCCN(CCN(C)C)CC(=O)O. The molecule has 0 heterocycles. The van der Waals surface area contributed by atoms with E-state index >= 15 is 0 Å². The van der Waals surface area contributed by atoms with Gasteiger partial charge >= 0.3 is 5.97 Å². The highest BCUT2D eigenvalue weighted by atomic mass is 16.4. The van der Waals surface area contributed by atoms with Crippen LogP contribution >= 0.6 is 0 Å². The molecule has 0 aromatic rings. The Labute approximate surface area is 125 Å². The third-order valence-electron chi connectivity index (χ3n) is 3.55. The second kappa shape index (κ2) is 13.4. The van der Waals surface area contributed by atoms with E-state index in [0.29, 0.717) is 0 Å². The van der Waals surface area contributed by atoms with E-state index in [1.165, 1.54) is 44.9 Å². The zero-order chi connectivity index (χ0) is 15.2. The van der Waals surface area contributed by atoms with E-state index in [-0.39, 0.29) is 6.54 Å². The molecule has 0 amide bonds. The van der Waals surface area contributed by atoms with Crippen LogP contribution in [0.25, 0.3) is 0 Å². The summed E-state index contributed by atoms with van der Waals surface area (Å²) in [6.45, 7) is 5.09. The van der Waals surface area contributed by atoms with E-state index in [1.807, 2.05) is 14.1 Å². The highest BCUT2D eigenvalue weighted by Crippen LogP contribution is 2.08. The fourth-order valence-corrected chi connectivity index (χ4v) is 2.27. The van der Waals surface area contributed by atoms with Gasteiger partial charge in [-0.1, -0.05) is 51.9 Å². The van der Waals surface area contributed by atoms with Crippen molar-refractivity contribution in [3.63, 3.8) is 0 Å². The Balaban J connectivity index is 3.60. The number of nitrogens with zero attached hydrogens (tertiary/aromatic N) is 2. The van der Waals surface area contributed by atoms with E-state index in [2.05, 4.69) is 16.7 Å². The lowest BCUT2D eigenvalue weighted by Gasteiger charge is -2.22. The van der Waals surface area contributed by atoms with Crippen molar-refractivity contribution in [1.29, 1.82) is 0 Å². The van der Waals surface area contributed by atoms with Crippen molar-refractivity contribution >= 4 is 5.97 Å². The van der Waals surface area contributed by atoms with Gasteiger partial charge in [0.05, 0.1) is 6.54 Å². The molecule has 20 heavy (non-hydrogen) atoms. The summed E-state index contributed by atoms with van der Waals surface area (Å²) in [5.74, 6) is -0.719. The summed E-state index contributed by atoms with van der Waals surface area (Å²) in [4.78, 5) is 15.0. The minimum absolute atomic E-state index is 0.171. The Bertz CT molecular complexity index is 233. The van der Waals surface area contributed by atoms with Crippen LogP contribution in [0.1, 0.15) is 58.3 Å². The number of carboxylic acids is 1. The third-order valence-corrected chi connectivity index (χ3v) is 3.55. The van der Waals surface area contributed by atoms with E-state index in [9.17, 15) is 4.79 Å². The Morgan fingerprint density at radius 1 is 0.850 bits per heavy atom. The second-order valence-electron chi connectivity index (χ2n) is 5.95. The maximum atomic E-state index is 10.8. The molecule has 4 nitrogen and oxygen atoms in total. The van der Waals surface area contributed by atoms with E-state index in [0.717, 1.165) is 26.1 Å². The summed E-state index contributed by atoms with van der Waals surface area (Å²) in [6, 6.07) is 0. The molecule has 0 aromatic carbocycles. The first-order valence-electron chi connectivity index (χ1n) is 8.15. The van der Waals surface area contributed by atoms with Crippen LogP contribution in [0, 0.1) is 0 Å². The van der Waals surface area contributed by atoms with Gasteiger partial charge in [-0.3, -0.25) is 9.69 Å². The molecule has 0 aliphatic heterocycles.